The van der Waals surface area contributed by atoms with Gasteiger partial charge in [0.25, 0.3) is 0 Å². The Morgan fingerprint density at radius 3 is 2.11 bits per heavy atom. The first-order valence-electron chi connectivity index (χ1n) is 8.86. The van der Waals surface area contributed by atoms with E-state index in [0.717, 1.165) is 11.1 Å². The number of carboxylic acid groups (broad SMARTS) is 1. The van der Waals surface area contributed by atoms with Gasteiger partial charge in [-0.3, -0.25) is 4.79 Å². The average molecular weight is 369 g/mol. The summed E-state index contributed by atoms with van der Waals surface area (Å²) in [6, 6.07) is 18.4. The van der Waals surface area contributed by atoms with Crippen molar-refractivity contribution in [2.45, 2.75) is 24.7 Å². The molecule has 0 saturated carbocycles. The minimum atomic E-state index is -1.02. The van der Waals surface area contributed by atoms with Crippen molar-refractivity contribution < 1.29 is 24.2 Å². The Kier molecular flexibility index (Phi) is 6.21. The highest BCUT2D eigenvalue weighted by Crippen LogP contribution is 2.27. The van der Waals surface area contributed by atoms with Crippen LogP contribution in [-0.4, -0.2) is 54.3 Å². The molecule has 6 heteroatoms. The van der Waals surface area contributed by atoms with E-state index in [9.17, 15) is 14.7 Å². The third kappa shape index (κ3) is 4.53. The summed E-state index contributed by atoms with van der Waals surface area (Å²) in [6.07, 6.45) is -0.382. The molecule has 2 aromatic rings. The number of methoxy groups -OCH3 is 1. The van der Waals surface area contributed by atoms with Gasteiger partial charge in [0.05, 0.1) is 6.10 Å². The number of hydrogen-bond donors (Lipinski definition) is 1. The van der Waals surface area contributed by atoms with Crippen molar-refractivity contribution in [2.24, 2.45) is 0 Å². The van der Waals surface area contributed by atoms with Gasteiger partial charge in [-0.25, -0.2) is 4.79 Å². The molecular formula is C21H23NO5. The van der Waals surface area contributed by atoms with Crippen LogP contribution in [0.5, 0.6) is 0 Å². The first kappa shape index (κ1) is 19.1. The summed E-state index contributed by atoms with van der Waals surface area (Å²) in [4.78, 5) is 25.5. The lowest BCUT2D eigenvalue weighted by Crippen LogP contribution is -2.42. The normalized spacial score (nSPS) is 19.4. The van der Waals surface area contributed by atoms with Crippen LogP contribution in [0.25, 0.3) is 0 Å². The molecule has 0 spiro atoms. The monoisotopic (exact) mass is 369 g/mol. The largest absolute Gasteiger partial charge is 0.480 e. The van der Waals surface area contributed by atoms with E-state index in [1.165, 1.54) is 12.0 Å². The van der Waals surface area contributed by atoms with Crippen molar-refractivity contribution in [1.29, 1.82) is 0 Å². The van der Waals surface area contributed by atoms with Crippen LogP contribution >= 0.6 is 0 Å². The zero-order valence-corrected chi connectivity index (χ0v) is 15.2. The lowest BCUT2D eigenvalue weighted by Gasteiger charge is -2.24. The van der Waals surface area contributed by atoms with Crippen LogP contribution in [-0.2, 0) is 19.1 Å². The SMILES string of the molecule is COC1CC(C(=O)O)N(C(=O)COC(c2ccccc2)c2ccccc2)C1. The number of aliphatic carboxylic acids is 1. The van der Waals surface area contributed by atoms with Crippen LogP contribution < -0.4 is 0 Å². The quantitative estimate of drug-likeness (QED) is 0.812. The highest BCUT2D eigenvalue weighted by Gasteiger charge is 2.39. The van der Waals surface area contributed by atoms with Gasteiger partial charge < -0.3 is 19.5 Å². The summed E-state index contributed by atoms with van der Waals surface area (Å²) in [5.74, 6) is -1.37. The van der Waals surface area contributed by atoms with Crippen LogP contribution in [0.3, 0.4) is 0 Å². The van der Waals surface area contributed by atoms with Crippen molar-refractivity contribution in [3.8, 4) is 0 Å². The number of carboxylic acids is 1. The van der Waals surface area contributed by atoms with Crippen LogP contribution in [0.1, 0.15) is 23.7 Å². The Morgan fingerprint density at radius 1 is 1.07 bits per heavy atom. The van der Waals surface area contributed by atoms with E-state index in [0.29, 0.717) is 6.42 Å². The van der Waals surface area contributed by atoms with Gasteiger partial charge in [-0.1, -0.05) is 60.7 Å². The molecule has 1 saturated heterocycles. The maximum Gasteiger partial charge on any atom is 0.326 e. The zero-order chi connectivity index (χ0) is 19.2. The molecule has 1 fully saturated rings. The molecule has 1 N–H and O–H groups in total. The molecule has 0 bridgehead atoms. The summed E-state index contributed by atoms with van der Waals surface area (Å²) in [5.41, 5.74) is 1.87. The van der Waals surface area contributed by atoms with Gasteiger partial charge in [-0.2, -0.15) is 0 Å². The van der Waals surface area contributed by atoms with Crippen molar-refractivity contribution in [1.82, 2.24) is 4.90 Å². The lowest BCUT2D eigenvalue weighted by atomic mass is 10.0. The molecule has 0 aromatic heterocycles. The molecule has 142 valence electrons. The fourth-order valence-corrected chi connectivity index (χ4v) is 3.36. The van der Waals surface area contributed by atoms with Gasteiger partial charge in [0.1, 0.15) is 18.8 Å². The van der Waals surface area contributed by atoms with E-state index in [4.69, 9.17) is 9.47 Å². The average Bonchev–Trinajstić information content (AvgIpc) is 3.15. The Labute approximate surface area is 158 Å². The molecule has 3 rings (SSSR count). The summed E-state index contributed by atoms with van der Waals surface area (Å²) < 4.78 is 11.2. The molecule has 1 aliphatic heterocycles. The van der Waals surface area contributed by atoms with E-state index < -0.39 is 18.1 Å². The van der Waals surface area contributed by atoms with Gasteiger partial charge in [0.15, 0.2) is 0 Å². The van der Waals surface area contributed by atoms with Gasteiger partial charge in [-0.15, -0.1) is 0 Å². The number of benzene rings is 2. The maximum atomic E-state index is 12.7. The first-order chi connectivity index (χ1) is 13.1. The summed E-state index contributed by atoms with van der Waals surface area (Å²) in [7, 11) is 1.52. The van der Waals surface area contributed by atoms with E-state index in [1.54, 1.807) is 0 Å². The highest BCUT2D eigenvalue weighted by atomic mass is 16.5. The third-order valence-electron chi connectivity index (χ3n) is 4.78. The van der Waals surface area contributed by atoms with E-state index >= 15 is 0 Å². The molecule has 1 amide bonds. The predicted molar refractivity (Wildman–Crippen MR) is 99.2 cm³/mol. The van der Waals surface area contributed by atoms with Crippen molar-refractivity contribution in [3.63, 3.8) is 0 Å². The van der Waals surface area contributed by atoms with Gasteiger partial charge in [-0.05, 0) is 11.1 Å². The second-order valence-corrected chi connectivity index (χ2v) is 6.51. The number of nitrogens with zero attached hydrogens (tertiary/aromatic N) is 1. The Balaban J connectivity index is 1.73. The maximum absolute atomic E-state index is 12.7. The van der Waals surface area contributed by atoms with Crippen molar-refractivity contribution in [2.75, 3.05) is 20.3 Å². The number of likely N-dealkylation sites (tertiary alicyclic amines) is 1. The number of amides is 1. The molecule has 2 aromatic carbocycles. The minimum absolute atomic E-state index is 0.200. The molecule has 2 unspecified atom stereocenters. The van der Waals surface area contributed by atoms with E-state index in [1.807, 2.05) is 60.7 Å². The Bertz CT molecular complexity index is 725. The second kappa shape index (κ2) is 8.79. The summed E-state index contributed by atoms with van der Waals surface area (Å²) >= 11 is 0. The number of rotatable bonds is 7. The predicted octanol–water partition coefficient (Wildman–Crippen LogP) is 2.49. The number of ether oxygens (including phenoxy) is 2. The van der Waals surface area contributed by atoms with Crippen LogP contribution in [0.15, 0.2) is 60.7 Å². The van der Waals surface area contributed by atoms with E-state index in [-0.39, 0.29) is 25.2 Å². The molecule has 2 atom stereocenters. The van der Waals surface area contributed by atoms with Crippen molar-refractivity contribution >= 4 is 11.9 Å². The van der Waals surface area contributed by atoms with Crippen LogP contribution in [0.2, 0.25) is 0 Å². The smallest absolute Gasteiger partial charge is 0.326 e. The minimum Gasteiger partial charge on any atom is -0.480 e. The number of carbonyl (C=O) groups excluding carboxylic acids is 1. The van der Waals surface area contributed by atoms with Crippen LogP contribution in [0.4, 0.5) is 0 Å². The highest BCUT2D eigenvalue weighted by molar-refractivity contribution is 5.85. The Hall–Kier alpha value is -2.70. The number of hydrogen-bond acceptors (Lipinski definition) is 4. The van der Waals surface area contributed by atoms with Gasteiger partial charge in [0, 0.05) is 20.1 Å². The second-order valence-electron chi connectivity index (χ2n) is 6.51. The van der Waals surface area contributed by atoms with E-state index in [2.05, 4.69) is 0 Å². The number of carbonyl (C=O) groups is 2. The molecule has 0 aliphatic carbocycles. The van der Waals surface area contributed by atoms with Gasteiger partial charge >= 0.3 is 5.97 Å². The molecule has 27 heavy (non-hydrogen) atoms. The van der Waals surface area contributed by atoms with Crippen LogP contribution in [0, 0.1) is 0 Å². The zero-order valence-electron chi connectivity index (χ0n) is 15.2. The Morgan fingerprint density at radius 2 is 1.63 bits per heavy atom. The molecular weight excluding hydrogens is 346 g/mol. The molecule has 1 heterocycles. The standard InChI is InChI=1S/C21H23NO5/c1-26-17-12-18(21(24)25)22(13-17)19(23)14-27-20(15-8-4-2-5-9-15)16-10-6-3-7-11-16/h2-11,17-18,20H,12-14H2,1H3,(H,24,25). The summed E-state index contributed by atoms with van der Waals surface area (Å²) in [5, 5.41) is 9.39. The molecule has 6 nitrogen and oxygen atoms in total. The molecule has 1 aliphatic rings. The lowest BCUT2D eigenvalue weighted by molar-refractivity contribution is -0.150. The third-order valence-corrected chi connectivity index (χ3v) is 4.78. The topological polar surface area (TPSA) is 76.1 Å². The first-order valence-corrected chi connectivity index (χ1v) is 8.86. The fraction of sp³-hybridized carbons (Fsp3) is 0.333. The summed E-state index contributed by atoms with van der Waals surface area (Å²) in [6.45, 7) is 0.0612. The fourth-order valence-electron chi connectivity index (χ4n) is 3.36. The van der Waals surface area contributed by atoms with Crippen molar-refractivity contribution in [3.05, 3.63) is 71.8 Å². The molecule has 0 radical (unpaired) electrons. The van der Waals surface area contributed by atoms with Gasteiger partial charge in [0.2, 0.25) is 5.91 Å².